The molecule has 4 N–H and O–H groups in total. The molecule has 0 aromatic heterocycles. The lowest BCUT2D eigenvalue weighted by Crippen LogP contribution is -2.48. The third kappa shape index (κ3) is 4.60. The number of rotatable bonds is 6. The lowest BCUT2D eigenvalue weighted by atomic mass is 9.75. The van der Waals surface area contributed by atoms with Gasteiger partial charge in [0.2, 0.25) is 5.91 Å². The van der Waals surface area contributed by atoms with Gasteiger partial charge in [0.25, 0.3) is 0 Å². The second-order valence-electron chi connectivity index (χ2n) is 8.21. The van der Waals surface area contributed by atoms with E-state index in [9.17, 15) is 19.4 Å². The van der Waals surface area contributed by atoms with Gasteiger partial charge in [0.05, 0.1) is 11.8 Å². The van der Waals surface area contributed by atoms with E-state index in [0.29, 0.717) is 17.9 Å². The van der Waals surface area contributed by atoms with E-state index >= 15 is 0 Å². The minimum Gasteiger partial charge on any atom is -0.508 e. The van der Waals surface area contributed by atoms with Gasteiger partial charge in [-0.1, -0.05) is 0 Å². The van der Waals surface area contributed by atoms with Gasteiger partial charge >= 0.3 is 0 Å². The molecule has 2 aromatic carbocycles. The Labute approximate surface area is 180 Å². The van der Waals surface area contributed by atoms with Crippen molar-refractivity contribution in [2.45, 2.75) is 43.8 Å². The van der Waals surface area contributed by atoms with Crippen molar-refractivity contribution < 1.29 is 28.9 Å². The summed E-state index contributed by atoms with van der Waals surface area (Å²) in [4.78, 5) is 11.4. The molecule has 1 fully saturated rings. The summed E-state index contributed by atoms with van der Waals surface area (Å²) in [5.74, 6) is 0.149. The zero-order valence-corrected chi connectivity index (χ0v) is 17.4. The van der Waals surface area contributed by atoms with Gasteiger partial charge in [-0.15, -0.1) is 0 Å². The van der Waals surface area contributed by atoms with Crippen molar-refractivity contribution in [2.24, 2.45) is 0 Å². The van der Waals surface area contributed by atoms with Crippen LogP contribution in [0.4, 0.5) is 10.1 Å². The number of amides is 1. The summed E-state index contributed by atoms with van der Waals surface area (Å²) in [7, 11) is 0. The highest BCUT2D eigenvalue weighted by Gasteiger charge is 2.49. The number of aliphatic hydroxyl groups excluding tert-OH is 1. The van der Waals surface area contributed by atoms with Gasteiger partial charge in [-0.3, -0.25) is 4.79 Å². The molecule has 2 aliphatic rings. The van der Waals surface area contributed by atoms with E-state index in [4.69, 9.17) is 9.47 Å². The monoisotopic (exact) mass is 430 g/mol. The fraction of sp³-hybridized carbons (Fsp3) is 0.435. The molecule has 0 radical (unpaired) electrons. The fourth-order valence-electron chi connectivity index (χ4n) is 4.55. The average Bonchev–Trinajstić information content (AvgIpc) is 3.00. The van der Waals surface area contributed by atoms with Crippen LogP contribution in [0, 0.1) is 5.82 Å². The number of aliphatic hydroxyl groups is 1. The molecule has 2 aromatic rings. The lowest BCUT2D eigenvalue weighted by Gasteiger charge is -2.39. The Morgan fingerprint density at radius 1 is 1.32 bits per heavy atom. The molecule has 2 heterocycles. The number of halogens is 1. The molecule has 1 unspecified atom stereocenters. The number of nitrogens with one attached hydrogen (secondary N) is 2. The highest BCUT2D eigenvalue weighted by atomic mass is 19.1. The van der Waals surface area contributed by atoms with Crippen molar-refractivity contribution in [3.63, 3.8) is 0 Å². The standard InChI is InChI=1S/C23H27FN2O5/c1-14(27)26-20-4-3-16(28)12-22(20)30-13-17(29)11-19-18-10-15(24)2-5-21(18)31-23(19)6-8-25-9-7-23/h2-5,10,12,17,19,25,28-29H,6-9,11,13H2,1H3,(H,26,27)/t17-,19?/m0/s1. The molecule has 166 valence electrons. The van der Waals surface area contributed by atoms with Crippen LogP contribution in [0.15, 0.2) is 36.4 Å². The molecule has 7 nitrogen and oxygen atoms in total. The number of carbonyl (C=O) groups is 1. The van der Waals surface area contributed by atoms with Crippen LogP contribution in [-0.4, -0.2) is 47.5 Å². The third-order valence-corrected chi connectivity index (χ3v) is 5.96. The second kappa shape index (κ2) is 8.72. The minimum atomic E-state index is -0.859. The molecule has 1 amide bonds. The van der Waals surface area contributed by atoms with Crippen molar-refractivity contribution in [1.82, 2.24) is 5.32 Å². The lowest BCUT2D eigenvalue weighted by molar-refractivity contribution is -0.114. The molecule has 31 heavy (non-hydrogen) atoms. The van der Waals surface area contributed by atoms with Crippen LogP contribution in [0.2, 0.25) is 0 Å². The number of phenols is 1. The minimum absolute atomic E-state index is 0.0131. The Hall–Kier alpha value is -2.84. The van der Waals surface area contributed by atoms with E-state index in [1.54, 1.807) is 6.07 Å². The molecular formula is C23H27FN2O5. The summed E-state index contributed by atoms with van der Waals surface area (Å²) >= 11 is 0. The van der Waals surface area contributed by atoms with E-state index in [1.165, 1.54) is 37.3 Å². The quantitative estimate of drug-likeness (QED) is 0.526. The first-order valence-corrected chi connectivity index (χ1v) is 10.5. The summed E-state index contributed by atoms with van der Waals surface area (Å²) in [5, 5.41) is 26.5. The van der Waals surface area contributed by atoms with E-state index in [0.717, 1.165) is 31.5 Å². The highest BCUT2D eigenvalue weighted by Crippen LogP contribution is 2.51. The number of phenolic OH excluding ortho intramolecular Hbond substituents is 1. The Bertz CT molecular complexity index is 961. The van der Waals surface area contributed by atoms with Gasteiger partial charge in [-0.25, -0.2) is 4.39 Å². The second-order valence-corrected chi connectivity index (χ2v) is 8.21. The molecule has 2 atom stereocenters. The Morgan fingerprint density at radius 3 is 2.84 bits per heavy atom. The fourth-order valence-corrected chi connectivity index (χ4v) is 4.55. The van der Waals surface area contributed by atoms with Gasteiger partial charge < -0.3 is 30.3 Å². The smallest absolute Gasteiger partial charge is 0.221 e. The largest absolute Gasteiger partial charge is 0.508 e. The van der Waals surface area contributed by atoms with Crippen LogP contribution in [0.25, 0.3) is 0 Å². The number of ether oxygens (including phenoxy) is 2. The molecule has 0 saturated carbocycles. The van der Waals surface area contributed by atoms with Crippen molar-refractivity contribution in [3.8, 4) is 17.2 Å². The van der Waals surface area contributed by atoms with Crippen molar-refractivity contribution >= 4 is 11.6 Å². The number of carbonyl (C=O) groups excluding carboxylic acids is 1. The van der Waals surface area contributed by atoms with Gasteiger partial charge in [-0.05, 0) is 49.8 Å². The normalized spacial score (nSPS) is 20.0. The Balaban J connectivity index is 1.50. The third-order valence-electron chi connectivity index (χ3n) is 5.96. The van der Waals surface area contributed by atoms with E-state index < -0.39 is 11.7 Å². The van der Waals surface area contributed by atoms with Gasteiger partial charge in [-0.2, -0.15) is 0 Å². The zero-order chi connectivity index (χ0) is 22.0. The van der Waals surface area contributed by atoms with Crippen molar-refractivity contribution in [1.29, 1.82) is 0 Å². The molecule has 1 spiro atoms. The molecule has 0 aliphatic carbocycles. The molecular weight excluding hydrogens is 403 g/mol. The maximum absolute atomic E-state index is 14.0. The number of fused-ring (bicyclic) bond motifs is 1. The Kier molecular flexibility index (Phi) is 6.02. The maximum Gasteiger partial charge on any atom is 0.221 e. The van der Waals surface area contributed by atoms with E-state index in [-0.39, 0.29) is 35.7 Å². The van der Waals surface area contributed by atoms with Crippen LogP contribution >= 0.6 is 0 Å². The van der Waals surface area contributed by atoms with Crippen molar-refractivity contribution in [2.75, 3.05) is 25.0 Å². The number of aromatic hydroxyl groups is 1. The number of anilines is 1. The SMILES string of the molecule is CC(=O)Nc1ccc(O)cc1OC[C@@H](O)CC1c2cc(F)ccc2OC12CCNCC2. The first-order valence-electron chi connectivity index (χ1n) is 10.5. The zero-order valence-electron chi connectivity index (χ0n) is 17.4. The summed E-state index contributed by atoms with van der Waals surface area (Å²) in [6.45, 7) is 2.91. The molecule has 1 saturated heterocycles. The molecule has 4 rings (SSSR count). The van der Waals surface area contributed by atoms with Crippen LogP contribution < -0.4 is 20.1 Å². The topological polar surface area (TPSA) is 100 Å². The maximum atomic E-state index is 14.0. The van der Waals surface area contributed by atoms with Crippen LogP contribution in [0.1, 0.15) is 37.7 Å². The van der Waals surface area contributed by atoms with Gasteiger partial charge in [0.15, 0.2) is 0 Å². The predicted octanol–water partition coefficient (Wildman–Crippen LogP) is 2.92. The summed E-state index contributed by atoms with van der Waals surface area (Å²) in [5.41, 5.74) is 0.704. The summed E-state index contributed by atoms with van der Waals surface area (Å²) in [6.07, 6.45) is 1.01. The van der Waals surface area contributed by atoms with E-state index in [2.05, 4.69) is 10.6 Å². The van der Waals surface area contributed by atoms with Crippen LogP contribution in [-0.2, 0) is 4.79 Å². The van der Waals surface area contributed by atoms with Gasteiger partial charge in [0, 0.05) is 37.3 Å². The van der Waals surface area contributed by atoms with Crippen LogP contribution in [0.3, 0.4) is 0 Å². The number of piperidine rings is 1. The summed E-state index contributed by atoms with van der Waals surface area (Å²) < 4.78 is 26.0. The number of hydrogen-bond acceptors (Lipinski definition) is 6. The molecule has 2 aliphatic heterocycles. The average molecular weight is 430 g/mol. The van der Waals surface area contributed by atoms with Crippen molar-refractivity contribution in [3.05, 3.63) is 47.8 Å². The number of hydrogen-bond donors (Lipinski definition) is 4. The van der Waals surface area contributed by atoms with E-state index in [1.807, 2.05) is 0 Å². The first kappa shape index (κ1) is 21.4. The highest BCUT2D eigenvalue weighted by molar-refractivity contribution is 5.90. The summed E-state index contributed by atoms with van der Waals surface area (Å²) in [6, 6.07) is 8.90. The number of benzene rings is 2. The predicted molar refractivity (Wildman–Crippen MR) is 113 cm³/mol. The molecule has 0 bridgehead atoms. The van der Waals surface area contributed by atoms with Gasteiger partial charge in [0.1, 0.15) is 35.3 Å². The van der Waals surface area contributed by atoms with Crippen LogP contribution in [0.5, 0.6) is 17.2 Å². The Morgan fingerprint density at radius 2 is 2.10 bits per heavy atom. The molecule has 8 heteroatoms. The first-order chi connectivity index (χ1) is 14.9.